The van der Waals surface area contributed by atoms with Crippen molar-refractivity contribution in [3.63, 3.8) is 0 Å². The maximum Gasteiger partial charge on any atom is 0.227 e. The van der Waals surface area contributed by atoms with Gasteiger partial charge in [0.15, 0.2) is 5.78 Å². The highest BCUT2D eigenvalue weighted by Crippen LogP contribution is 2.45. The third-order valence-corrected chi connectivity index (χ3v) is 5.05. The van der Waals surface area contributed by atoms with Crippen molar-refractivity contribution in [2.75, 3.05) is 11.6 Å². The van der Waals surface area contributed by atoms with Gasteiger partial charge in [-0.3, -0.25) is 9.78 Å². The summed E-state index contributed by atoms with van der Waals surface area (Å²) in [4.78, 5) is 21.6. The van der Waals surface area contributed by atoms with Crippen LogP contribution in [-0.4, -0.2) is 31.8 Å². The van der Waals surface area contributed by atoms with E-state index in [1.807, 2.05) is 23.1 Å². The zero-order chi connectivity index (χ0) is 16.9. The topological polar surface area (TPSA) is 72.7 Å². The van der Waals surface area contributed by atoms with E-state index in [4.69, 9.17) is 0 Å². The van der Waals surface area contributed by atoms with Gasteiger partial charge in [0.25, 0.3) is 0 Å². The minimum absolute atomic E-state index is 0.0454. The molecule has 1 unspecified atom stereocenters. The summed E-state index contributed by atoms with van der Waals surface area (Å²) >= 11 is 1.49. The maximum atomic E-state index is 12.9. The quantitative estimate of drug-likeness (QED) is 0.847. The molecule has 1 N–H and O–H groups in total. The van der Waals surface area contributed by atoms with E-state index >= 15 is 0 Å². The zero-order valence-electron chi connectivity index (χ0n) is 13.9. The van der Waals surface area contributed by atoms with Crippen molar-refractivity contribution in [2.24, 2.45) is 5.41 Å². The van der Waals surface area contributed by atoms with E-state index in [0.717, 1.165) is 23.3 Å². The Morgan fingerprint density at radius 2 is 2.04 bits per heavy atom. The standard InChI is InChI=1S/C17H19N5OS/c1-17(2)8-11-13(12(23)9-17)14(10-4-6-18-7-5-10)22-15(19-11)20-16(21-22)24-3/h4-7,14H,8-9H2,1-3H3,(H,19,20,21). The molecule has 7 heteroatoms. The van der Waals surface area contributed by atoms with E-state index in [1.165, 1.54) is 11.8 Å². The molecular weight excluding hydrogens is 322 g/mol. The zero-order valence-corrected chi connectivity index (χ0v) is 14.7. The van der Waals surface area contributed by atoms with Crippen LogP contribution >= 0.6 is 11.8 Å². The third kappa shape index (κ3) is 2.43. The number of Topliss-reactive ketones (excluding diaryl/α,β-unsaturated/α-hetero) is 1. The van der Waals surface area contributed by atoms with Crippen molar-refractivity contribution >= 4 is 23.5 Å². The molecule has 2 aliphatic rings. The van der Waals surface area contributed by atoms with Crippen molar-refractivity contribution < 1.29 is 4.79 Å². The van der Waals surface area contributed by atoms with E-state index in [2.05, 4.69) is 34.2 Å². The SMILES string of the molecule is CSc1nc2n(n1)C(c1ccncc1)C1=C(CC(C)(C)CC1=O)N2. The van der Waals surface area contributed by atoms with Crippen molar-refractivity contribution in [2.45, 2.75) is 37.9 Å². The van der Waals surface area contributed by atoms with Gasteiger partial charge in [0.2, 0.25) is 11.1 Å². The van der Waals surface area contributed by atoms with Crippen LogP contribution in [0.4, 0.5) is 5.95 Å². The number of carbonyl (C=O) groups is 1. The number of thioether (sulfide) groups is 1. The van der Waals surface area contributed by atoms with Crippen molar-refractivity contribution in [1.29, 1.82) is 0 Å². The van der Waals surface area contributed by atoms with E-state index in [-0.39, 0.29) is 17.2 Å². The fourth-order valence-corrected chi connectivity index (χ4v) is 3.88. The average molecular weight is 341 g/mol. The molecular formula is C17H19N5OS. The summed E-state index contributed by atoms with van der Waals surface area (Å²) in [5, 5.41) is 8.64. The van der Waals surface area contributed by atoms with Gasteiger partial charge >= 0.3 is 0 Å². The molecule has 1 atom stereocenters. The number of carbonyl (C=O) groups excluding carboxylic acids is 1. The monoisotopic (exact) mass is 341 g/mol. The number of fused-ring (bicyclic) bond motifs is 1. The fraction of sp³-hybridized carbons (Fsp3) is 0.412. The maximum absolute atomic E-state index is 12.9. The number of allylic oxidation sites excluding steroid dienone is 2. The lowest BCUT2D eigenvalue weighted by atomic mass is 9.73. The summed E-state index contributed by atoms with van der Waals surface area (Å²) in [6.07, 6.45) is 6.83. The van der Waals surface area contributed by atoms with Crippen LogP contribution in [0.1, 0.15) is 38.3 Å². The minimum Gasteiger partial charge on any atom is -0.328 e. The lowest BCUT2D eigenvalue weighted by Gasteiger charge is -2.38. The smallest absolute Gasteiger partial charge is 0.227 e. The molecule has 0 saturated heterocycles. The Bertz CT molecular complexity index is 840. The Hall–Kier alpha value is -2.15. The van der Waals surface area contributed by atoms with Gasteiger partial charge in [0.05, 0.1) is 0 Å². The van der Waals surface area contributed by atoms with E-state index in [1.54, 1.807) is 12.4 Å². The van der Waals surface area contributed by atoms with Crippen LogP contribution in [0.15, 0.2) is 41.0 Å². The van der Waals surface area contributed by atoms with Crippen LogP contribution in [-0.2, 0) is 4.79 Å². The average Bonchev–Trinajstić information content (AvgIpc) is 2.95. The highest BCUT2D eigenvalue weighted by molar-refractivity contribution is 7.98. The summed E-state index contributed by atoms with van der Waals surface area (Å²) in [5.41, 5.74) is 2.75. The Morgan fingerprint density at radius 3 is 2.75 bits per heavy atom. The second kappa shape index (κ2) is 5.44. The largest absolute Gasteiger partial charge is 0.328 e. The van der Waals surface area contributed by atoms with Gasteiger partial charge in [0, 0.05) is 30.1 Å². The number of aromatic nitrogens is 4. The van der Waals surface area contributed by atoms with Gasteiger partial charge in [-0.2, -0.15) is 4.98 Å². The predicted molar refractivity (Wildman–Crippen MR) is 92.8 cm³/mol. The molecule has 0 saturated carbocycles. The first-order valence-electron chi connectivity index (χ1n) is 7.92. The molecule has 0 radical (unpaired) electrons. The molecule has 24 heavy (non-hydrogen) atoms. The number of hydrogen-bond donors (Lipinski definition) is 1. The van der Waals surface area contributed by atoms with Crippen LogP contribution in [0, 0.1) is 5.41 Å². The number of ketones is 1. The molecule has 0 fully saturated rings. The van der Waals surface area contributed by atoms with E-state index in [9.17, 15) is 4.79 Å². The van der Waals surface area contributed by atoms with Crippen LogP contribution < -0.4 is 5.32 Å². The Kier molecular flexibility index (Phi) is 3.49. The van der Waals surface area contributed by atoms with Crippen molar-refractivity contribution in [3.05, 3.63) is 41.4 Å². The molecule has 3 heterocycles. The summed E-state index contributed by atoms with van der Waals surface area (Å²) < 4.78 is 1.83. The predicted octanol–water partition coefficient (Wildman–Crippen LogP) is 3.05. The molecule has 1 aliphatic heterocycles. The second-order valence-corrected chi connectivity index (χ2v) is 7.78. The number of hydrogen-bond acceptors (Lipinski definition) is 6. The van der Waals surface area contributed by atoms with Crippen LogP contribution in [0.3, 0.4) is 0 Å². The van der Waals surface area contributed by atoms with Crippen LogP contribution in [0.5, 0.6) is 0 Å². The molecule has 124 valence electrons. The van der Waals surface area contributed by atoms with Gasteiger partial charge in [-0.05, 0) is 35.8 Å². The minimum atomic E-state index is -0.240. The number of pyridine rings is 1. The first-order valence-corrected chi connectivity index (χ1v) is 9.15. The first kappa shape index (κ1) is 15.4. The molecule has 2 aromatic heterocycles. The Balaban J connectivity index is 1.91. The molecule has 0 aromatic carbocycles. The number of nitrogens with zero attached hydrogens (tertiary/aromatic N) is 4. The first-order chi connectivity index (χ1) is 11.5. The van der Waals surface area contributed by atoms with Crippen LogP contribution in [0.25, 0.3) is 0 Å². The van der Waals surface area contributed by atoms with Crippen LogP contribution in [0.2, 0.25) is 0 Å². The van der Waals surface area contributed by atoms with Gasteiger partial charge < -0.3 is 5.32 Å². The second-order valence-electron chi connectivity index (χ2n) is 7.01. The van der Waals surface area contributed by atoms with E-state index in [0.29, 0.717) is 17.5 Å². The molecule has 1 aliphatic carbocycles. The molecule has 0 bridgehead atoms. The van der Waals surface area contributed by atoms with E-state index < -0.39 is 0 Å². The van der Waals surface area contributed by atoms with Gasteiger partial charge in [-0.25, -0.2) is 4.68 Å². The number of anilines is 1. The van der Waals surface area contributed by atoms with Crippen molar-refractivity contribution in [1.82, 2.24) is 19.7 Å². The fourth-order valence-electron chi connectivity index (χ4n) is 3.53. The summed E-state index contributed by atoms with van der Waals surface area (Å²) in [7, 11) is 0. The highest BCUT2D eigenvalue weighted by atomic mass is 32.2. The Labute approximate surface area is 144 Å². The normalized spacial score (nSPS) is 22.0. The van der Waals surface area contributed by atoms with Gasteiger partial charge in [0.1, 0.15) is 6.04 Å². The summed E-state index contributed by atoms with van der Waals surface area (Å²) in [5.74, 6) is 0.882. The Morgan fingerprint density at radius 1 is 1.29 bits per heavy atom. The number of nitrogens with one attached hydrogen (secondary N) is 1. The van der Waals surface area contributed by atoms with Crippen molar-refractivity contribution in [3.8, 4) is 0 Å². The molecule has 4 rings (SSSR count). The summed E-state index contributed by atoms with van der Waals surface area (Å²) in [6, 6.07) is 3.65. The molecule has 2 aromatic rings. The molecule has 0 amide bonds. The third-order valence-electron chi connectivity index (χ3n) is 4.52. The lowest BCUT2D eigenvalue weighted by molar-refractivity contribution is -0.118. The molecule has 0 spiro atoms. The number of rotatable bonds is 2. The van der Waals surface area contributed by atoms with Gasteiger partial charge in [-0.1, -0.05) is 25.6 Å². The lowest BCUT2D eigenvalue weighted by Crippen LogP contribution is -2.36. The summed E-state index contributed by atoms with van der Waals surface area (Å²) in [6.45, 7) is 4.26. The highest BCUT2D eigenvalue weighted by Gasteiger charge is 2.41. The van der Waals surface area contributed by atoms with Gasteiger partial charge in [-0.15, -0.1) is 5.10 Å². The molecule has 6 nitrogen and oxygen atoms in total.